The summed E-state index contributed by atoms with van der Waals surface area (Å²) in [5.74, 6) is -2.00. The highest BCUT2D eigenvalue weighted by Gasteiger charge is 2.58. The van der Waals surface area contributed by atoms with Crippen LogP contribution >= 0.6 is 7.82 Å². The Labute approximate surface area is 561 Å². The maximum Gasteiger partial charge on any atom is 0.472 e. The summed E-state index contributed by atoms with van der Waals surface area (Å²) in [5, 5.41) is 110. The molecule has 552 valence electrons. The molecular weight excluding hydrogens is 1240 g/mol. The van der Waals surface area contributed by atoms with Gasteiger partial charge in [-0.05, 0) is 44.9 Å². The Balaban J connectivity index is 1.74. The van der Waals surface area contributed by atoms with Gasteiger partial charge in [-0.25, -0.2) is 4.57 Å². The van der Waals surface area contributed by atoms with Gasteiger partial charge in [0.1, 0.15) is 98.7 Å². The van der Waals surface area contributed by atoms with Gasteiger partial charge >= 0.3 is 25.7 Å². The Morgan fingerprint density at radius 3 is 1.16 bits per heavy atom. The molecule has 1 aliphatic carbocycles. The molecule has 0 radical (unpaired) electrons. The molecule has 2 aliphatic heterocycles. The van der Waals surface area contributed by atoms with E-state index in [1.807, 2.05) is 0 Å². The Hall–Kier alpha value is -2.30. The number of hydrogen-bond acceptors (Lipinski definition) is 23. The number of carbonyl (C=O) groups excluding carboxylic acids is 3. The fraction of sp³-hybridized carbons (Fsp3) is 0.928. The van der Waals surface area contributed by atoms with Crippen molar-refractivity contribution in [3.63, 3.8) is 0 Å². The molecule has 18 unspecified atom stereocenters. The number of esters is 3. The van der Waals surface area contributed by atoms with Crippen molar-refractivity contribution in [1.29, 1.82) is 0 Å². The van der Waals surface area contributed by atoms with Crippen molar-refractivity contribution in [2.24, 2.45) is 0 Å². The number of aliphatic hydroxyl groups is 10. The zero-order valence-electron chi connectivity index (χ0n) is 57.3. The van der Waals surface area contributed by atoms with E-state index in [0.717, 1.165) is 89.9 Å². The molecule has 1 saturated carbocycles. The third-order valence-electron chi connectivity index (χ3n) is 18.0. The van der Waals surface area contributed by atoms with Gasteiger partial charge in [-0.1, -0.05) is 226 Å². The summed E-state index contributed by atoms with van der Waals surface area (Å²) in [6.07, 6.45) is 8.76. The zero-order valence-corrected chi connectivity index (χ0v) is 58.2. The first kappa shape index (κ1) is 85.9. The minimum Gasteiger partial charge on any atom is -0.463 e. The van der Waals surface area contributed by atoms with E-state index < -0.39 is 156 Å². The fourth-order valence-electron chi connectivity index (χ4n) is 12.0. The highest BCUT2D eigenvalue weighted by molar-refractivity contribution is 7.47. The normalized spacial score (nSPS) is 28.3. The summed E-state index contributed by atoms with van der Waals surface area (Å²) >= 11 is 0. The molecule has 11 N–H and O–H groups in total. The molecule has 25 heteroatoms. The Bertz CT molecular complexity index is 2010. The molecule has 0 spiro atoms. The average molecular weight is 1370 g/mol. The van der Waals surface area contributed by atoms with E-state index >= 15 is 0 Å². The molecule has 3 aliphatic rings. The predicted octanol–water partition coefficient (Wildman–Crippen LogP) is 9.18. The van der Waals surface area contributed by atoms with E-state index in [0.29, 0.717) is 25.7 Å². The van der Waals surface area contributed by atoms with Gasteiger partial charge in [-0.3, -0.25) is 23.4 Å². The summed E-state index contributed by atoms with van der Waals surface area (Å²) in [5.41, 5.74) is 0. The minimum atomic E-state index is -5.69. The van der Waals surface area contributed by atoms with Crippen LogP contribution in [0.3, 0.4) is 0 Å². The fourth-order valence-corrected chi connectivity index (χ4v) is 13.0. The van der Waals surface area contributed by atoms with Crippen LogP contribution in [-0.2, 0) is 61.2 Å². The number of ether oxygens (including phenoxy) is 7. The lowest BCUT2D eigenvalue weighted by atomic mass is 9.84. The SMILES string of the molecule is CCCCCCCC/C=C\CCCCCC(=O)OC(COC(=O)CCCCCCCCCCCCC)COP(=O)(O)OC1C(OC2OC(CO)C(O)C(O)C2O)C(O)C(O)C(O)C1OC1OC(COC(=O)CCCCCCCCCCCCCCCCC)C(O)C(O)C1O. The molecule has 18 atom stereocenters. The summed E-state index contributed by atoms with van der Waals surface area (Å²) in [4.78, 5) is 50.8. The number of phosphoric ester groups is 1. The second kappa shape index (κ2) is 51.8. The molecule has 3 rings (SSSR count). The van der Waals surface area contributed by atoms with Gasteiger partial charge in [0.05, 0.1) is 13.2 Å². The van der Waals surface area contributed by atoms with E-state index in [4.69, 9.17) is 42.2 Å². The highest BCUT2D eigenvalue weighted by atomic mass is 31.2. The number of unbranched alkanes of at least 4 members (excludes halogenated alkanes) is 33. The third-order valence-corrected chi connectivity index (χ3v) is 19.0. The topological polar surface area (TPSA) is 374 Å². The van der Waals surface area contributed by atoms with Crippen molar-refractivity contribution in [2.75, 3.05) is 26.4 Å². The van der Waals surface area contributed by atoms with Crippen LogP contribution in [-0.4, -0.2) is 204 Å². The van der Waals surface area contributed by atoms with Gasteiger partial charge in [0.2, 0.25) is 0 Å². The van der Waals surface area contributed by atoms with Gasteiger partial charge < -0.3 is 89.1 Å². The quantitative estimate of drug-likeness (QED) is 0.00888. The molecule has 0 aromatic carbocycles. The molecule has 0 amide bonds. The van der Waals surface area contributed by atoms with Crippen molar-refractivity contribution in [3.8, 4) is 0 Å². The lowest BCUT2D eigenvalue weighted by molar-refractivity contribution is -0.360. The van der Waals surface area contributed by atoms with Gasteiger partial charge in [-0.2, -0.15) is 0 Å². The monoisotopic (exact) mass is 1370 g/mol. The largest absolute Gasteiger partial charge is 0.472 e. The molecule has 2 heterocycles. The zero-order chi connectivity index (χ0) is 68.9. The van der Waals surface area contributed by atoms with E-state index in [-0.39, 0.29) is 19.3 Å². The molecule has 2 saturated heterocycles. The highest BCUT2D eigenvalue weighted by Crippen LogP contribution is 2.49. The average Bonchev–Trinajstić information content (AvgIpc) is 0.766. The van der Waals surface area contributed by atoms with Crippen LogP contribution in [0, 0.1) is 0 Å². The molecule has 0 aromatic rings. The first-order valence-electron chi connectivity index (χ1n) is 36.5. The second-order valence-corrected chi connectivity index (χ2v) is 27.7. The summed E-state index contributed by atoms with van der Waals surface area (Å²) < 4.78 is 64.9. The van der Waals surface area contributed by atoms with Gasteiger partial charge in [0.15, 0.2) is 18.7 Å². The van der Waals surface area contributed by atoms with Crippen molar-refractivity contribution >= 4 is 25.7 Å². The molecule has 24 nitrogen and oxygen atoms in total. The van der Waals surface area contributed by atoms with E-state index in [9.17, 15) is 74.9 Å². The smallest absolute Gasteiger partial charge is 0.463 e. The summed E-state index contributed by atoms with van der Waals surface area (Å²) in [6.45, 7) is 3.40. The van der Waals surface area contributed by atoms with E-state index in [1.165, 1.54) is 122 Å². The van der Waals surface area contributed by atoms with Gasteiger partial charge in [-0.15, -0.1) is 0 Å². The van der Waals surface area contributed by atoms with Crippen molar-refractivity contribution in [3.05, 3.63) is 12.2 Å². The number of phosphoric acid groups is 1. The second-order valence-electron chi connectivity index (χ2n) is 26.3. The van der Waals surface area contributed by atoms with Crippen LogP contribution < -0.4 is 0 Å². The first-order valence-corrected chi connectivity index (χ1v) is 38.0. The number of carbonyl (C=O) groups is 3. The summed E-state index contributed by atoms with van der Waals surface area (Å²) in [7, 11) is -5.69. The Morgan fingerprint density at radius 1 is 0.404 bits per heavy atom. The third kappa shape index (κ3) is 35.1. The molecule has 94 heavy (non-hydrogen) atoms. The van der Waals surface area contributed by atoms with Crippen LogP contribution in [0.5, 0.6) is 0 Å². The maximum absolute atomic E-state index is 14.3. The minimum absolute atomic E-state index is 0.0320. The maximum atomic E-state index is 14.3. The first-order chi connectivity index (χ1) is 45.3. The molecular formula is C69H127O24P. The lowest BCUT2D eigenvalue weighted by Gasteiger charge is -2.49. The number of aliphatic hydroxyl groups excluding tert-OH is 10. The summed E-state index contributed by atoms with van der Waals surface area (Å²) in [6, 6.07) is 0. The van der Waals surface area contributed by atoms with Crippen LogP contribution in [0.15, 0.2) is 12.2 Å². The van der Waals surface area contributed by atoms with Crippen molar-refractivity contribution in [1.82, 2.24) is 0 Å². The number of allylic oxidation sites excluding steroid dienone is 2. The molecule has 0 aromatic heterocycles. The van der Waals surface area contributed by atoms with Crippen LogP contribution in [0.4, 0.5) is 0 Å². The van der Waals surface area contributed by atoms with Crippen molar-refractivity contribution in [2.45, 2.75) is 382 Å². The van der Waals surface area contributed by atoms with Gasteiger partial charge in [0, 0.05) is 19.3 Å². The van der Waals surface area contributed by atoms with Crippen LogP contribution in [0.25, 0.3) is 0 Å². The number of rotatable bonds is 56. The number of hydrogen-bond donors (Lipinski definition) is 11. The van der Waals surface area contributed by atoms with Crippen molar-refractivity contribution < 1.29 is 117 Å². The Kier molecular flexibility index (Phi) is 47.3. The van der Waals surface area contributed by atoms with Crippen LogP contribution in [0.1, 0.15) is 278 Å². The predicted molar refractivity (Wildman–Crippen MR) is 352 cm³/mol. The Morgan fingerprint density at radius 2 is 0.745 bits per heavy atom. The van der Waals surface area contributed by atoms with Crippen LogP contribution in [0.2, 0.25) is 0 Å². The molecule has 3 fully saturated rings. The molecule has 0 bridgehead atoms. The van der Waals surface area contributed by atoms with Gasteiger partial charge in [0.25, 0.3) is 0 Å². The van der Waals surface area contributed by atoms with E-state index in [1.54, 1.807) is 0 Å². The lowest BCUT2D eigenvalue weighted by Crippen LogP contribution is -2.69. The van der Waals surface area contributed by atoms with E-state index in [2.05, 4.69) is 32.9 Å². The standard InChI is InChI=1S/C69H127O24P/c1-4-7-10-13-16-19-22-24-25-27-29-32-35-38-41-44-54(72)86-49-52-57(75)59(77)64(82)69(90-52)92-66-62(80)60(78)61(79)65(91-68-63(81)58(76)56(74)51(46-70)89-68)67(66)93-94(83,84)87-48-50(47-85-53(71)43-40-37-34-31-28-21-18-15-12-9-6-3)88-55(73)45-42-39-36-33-30-26-23-20-17-14-11-8-5-2/h26,30,50-52,56-70,74-82H,4-25,27-29,31-49H2,1-3H3,(H,83,84)/b30-26-.